The van der Waals surface area contributed by atoms with Gasteiger partial charge in [0.2, 0.25) is 0 Å². The predicted octanol–water partition coefficient (Wildman–Crippen LogP) is 2.52. The third-order valence-corrected chi connectivity index (χ3v) is 2.83. The van der Waals surface area contributed by atoms with Gasteiger partial charge in [0.25, 0.3) is 0 Å². The number of hydrogen-bond acceptors (Lipinski definition) is 2. The van der Waals surface area contributed by atoms with Gasteiger partial charge in [0.05, 0.1) is 12.6 Å². The fraction of sp³-hybridized carbons (Fsp3) is 0.455. The van der Waals surface area contributed by atoms with E-state index in [2.05, 4.69) is 16.1 Å². The van der Waals surface area contributed by atoms with E-state index in [0.29, 0.717) is 0 Å². The van der Waals surface area contributed by atoms with E-state index in [1.807, 2.05) is 12.1 Å². The van der Waals surface area contributed by atoms with Gasteiger partial charge in [-0.1, -0.05) is 23.3 Å². The van der Waals surface area contributed by atoms with Gasteiger partial charge in [-0.15, -0.1) is 0 Å². The molecule has 1 aromatic rings. The molecule has 1 aromatic carbocycles. The number of rotatable bonds is 3. The Balaban J connectivity index is 2.18. The molecule has 0 aromatic heterocycles. The molecule has 0 amide bonds. The average Bonchev–Trinajstić information content (AvgIpc) is 2.72. The lowest BCUT2D eigenvalue weighted by atomic mass is 10.0. The number of azide groups is 1. The van der Waals surface area contributed by atoms with E-state index in [0.717, 1.165) is 18.4 Å². The molecule has 2 rings (SSSR count). The van der Waals surface area contributed by atoms with Crippen molar-refractivity contribution < 1.29 is 5.11 Å². The molecule has 1 aliphatic rings. The number of hydrogen-bond donors (Lipinski definition) is 1. The lowest BCUT2D eigenvalue weighted by Gasteiger charge is -2.09. The summed E-state index contributed by atoms with van der Waals surface area (Å²) in [6.45, 7) is 0.106. The highest BCUT2D eigenvalue weighted by molar-refractivity contribution is 5.36. The number of benzene rings is 1. The molecule has 0 saturated carbocycles. The van der Waals surface area contributed by atoms with Gasteiger partial charge in [-0.25, -0.2) is 0 Å². The summed E-state index contributed by atoms with van der Waals surface area (Å²) < 4.78 is 0. The summed E-state index contributed by atoms with van der Waals surface area (Å²) in [6, 6.07) is 6.01. The van der Waals surface area contributed by atoms with Gasteiger partial charge in [0.15, 0.2) is 0 Å². The molecule has 0 unspecified atom stereocenters. The first kappa shape index (κ1) is 10.0. The van der Waals surface area contributed by atoms with E-state index in [9.17, 15) is 5.11 Å². The van der Waals surface area contributed by atoms with Crippen LogP contribution in [0.5, 0.6) is 0 Å². The van der Waals surface area contributed by atoms with Gasteiger partial charge in [-0.05, 0) is 41.5 Å². The number of fused-ring (bicyclic) bond motifs is 1. The van der Waals surface area contributed by atoms with Crippen LogP contribution in [0.1, 0.15) is 29.2 Å². The van der Waals surface area contributed by atoms with Crippen molar-refractivity contribution in [2.24, 2.45) is 5.11 Å². The van der Waals surface area contributed by atoms with Crippen LogP contribution in [0.25, 0.3) is 10.4 Å². The summed E-state index contributed by atoms with van der Waals surface area (Å²) in [5.41, 5.74) is 11.7. The van der Waals surface area contributed by atoms with Crippen molar-refractivity contribution in [3.05, 3.63) is 45.3 Å². The molecule has 4 heteroatoms. The first-order chi connectivity index (χ1) is 7.31. The molecule has 0 radical (unpaired) electrons. The summed E-state index contributed by atoms with van der Waals surface area (Å²) in [5, 5.41) is 13.1. The van der Waals surface area contributed by atoms with Crippen LogP contribution in [-0.4, -0.2) is 11.7 Å². The normalized spacial score (nSPS) is 15.5. The molecular formula is C11H13N3O. The largest absolute Gasteiger partial charge is 0.388 e. The fourth-order valence-corrected chi connectivity index (χ4v) is 2.02. The van der Waals surface area contributed by atoms with Crippen molar-refractivity contribution in [3.8, 4) is 0 Å². The Morgan fingerprint density at radius 3 is 3.00 bits per heavy atom. The number of nitrogens with zero attached hydrogens (tertiary/aromatic N) is 3. The summed E-state index contributed by atoms with van der Waals surface area (Å²) in [5.74, 6) is 0. The van der Waals surface area contributed by atoms with Crippen LogP contribution in [-0.2, 0) is 12.8 Å². The molecule has 15 heavy (non-hydrogen) atoms. The Kier molecular flexibility index (Phi) is 2.90. The van der Waals surface area contributed by atoms with Crippen LogP contribution < -0.4 is 0 Å². The maximum Gasteiger partial charge on any atom is 0.0846 e. The van der Waals surface area contributed by atoms with Crippen molar-refractivity contribution in [1.82, 2.24) is 0 Å². The van der Waals surface area contributed by atoms with Crippen LogP contribution in [0.3, 0.4) is 0 Å². The molecule has 0 aliphatic heterocycles. The van der Waals surface area contributed by atoms with E-state index >= 15 is 0 Å². The molecule has 1 N–H and O–H groups in total. The van der Waals surface area contributed by atoms with E-state index in [1.54, 1.807) is 0 Å². The molecule has 4 nitrogen and oxygen atoms in total. The second-order valence-electron chi connectivity index (χ2n) is 3.81. The van der Waals surface area contributed by atoms with Crippen LogP contribution >= 0.6 is 0 Å². The van der Waals surface area contributed by atoms with Crippen LogP contribution in [0.2, 0.25) is 0 Å². The number of aryl methyl sites for hydroxylation is 2. The lowest BCUT2D eigenvalue weighted by molar-refractivity contribution is 0.186. The zero-order valence-corrected chi connectivity index (χ0v) is 8.43. The number of aliphatic hydroxyl groups is 1. The van der Waals surface area contributed by atoms with Gasteiger partial charge in [-0.2, -0.15) is 0 Å². The molecule has 1 aliphatic carbocycles. The van der Waals surface area contributed by atoms with Crippen LogP contribution in [0, 0.1) is 0 Å². The minimum atomic E-state index is -0.674. The maximum absolute atomic E-state index is 9.72. The lowest BCUT2D eigenvalue weighted by Crippen LogP contribution is -2.01. The fourth-order valence-electron chi connectivity index (χ4n) is 2.02. The first-order valence-corrected chi connectivity index (χ1v) is 5.12. The van der Waals surface area contributed by atoms with E-state index in [-0.39, 0.29) is 6.54 Å². The number of aliphatic hydroxyl groups excluding tert-OH is 1. The van der Waals surface area contributed by atoms with Crippen molar-refractivity contribution in [1.29, 1.82) is 0 Å². The van der Waals surface area contributed by atoms with Crippen LogP contribution in [0.15, 0.2) is 23.3 Å². The van der Waals surface area contributed by atoms with Gasteiger partial charge in [0.1, 0.15) is 0 Å². The quantitative estimate of drug-likeness (QED) is 0.457. The van der Waals surface area contributed by atoms with E-state index < -0.39 is 6.10 Å². The second-order valence-corrected chi connectivity index (χ2v) is 3.81. The molecule has 0 spiro atoms. The molecule has 0 fully saturated rings. The monoisotopic (exact) mass is 203 g/mol. The highest BCUT2D eigenvalue weighted by Crippen LogP contribution is 2.25. The summed E-state index contributed by atoms with van der Waals surface area (Å²) in [4.78, 5) is 2.64. The zero-order chi connectivity index (χ0) is 10.7. The Morgan fingerprint density at radius 1 is 1.40 bits per heavy atom. The summed E-state index contributed by atoms with van der Waals surface area (Å²) in [7, 11) is 0. The first-order valence-electron chi connectivity index (χ1n) is 5.12. The van der Waals surface area contributed by atoms with Crippen molar-refractivity contribution in [2.45, 2.75) is 25.4 Å². The third-order valence-electron chi connectivity index (χ3n) is 2.83. The maximum atomic E-state index is 9.72. The molecule has 0 heterocycles. The molecule has 0 bridgehead atoms. The second kappa shape index (κ2) is 4.34. The Labute approximate surface area is 88.2 Å². The van der Waals surface area contributed by atoms with Gasteiger partial charge < -0.3 is 5.11 Å². The average molecular weight is 203 g/mol. The van der Waals surface area contributed by atoms with E-state index in [1.165, 1.54) is 17.5 Å². The predicted molar refractivity (Wildman–Crippen MR) is 57.4 cm³/mol. The Hall–Kier alpha value is -1.51. The Morgan fingerprint density at radius 2 is 2.20 bits per heavy atom. The standard InChI is InChI=1S/C11H13N3O/c12-14-13-7-11(15)10-5-4-8-2-1-3-9(8)6-10/h4-6,11,15H,1-3,7H2/t11-/m1/s1. The Bertz CT molecular complexity index is 410. The smallest absolute Gasteiger partial charge is 0.0846 e. The highest BCUT2D eigenvalue weighted by atomic mass is 16.3. The summed E-state index contributed by atoms with van der Waals surface area (Å²) in [6.07, 6.45) is 2.76. The highest BCUT2D eigenvalue weighted by Gasteiger charge is 2.13. The molecule has 78 valence electrons. The van der Waals surface area contributed by atoms with Gasteiger partial charge in [0, 0.05) is 4.91 Å². The van der Waals surface area contributed by atoms with E-state index in [4.69, 9.17) is 5.53 Å². The molecule has 1 atom stereocenters. The minimum Gasteiger partial charge on any atom is -0.388 e. The third kappa shape index (κ3) is 2.12. The zero-order valence-electron chi connectivity index (χ0n) is 8.43. The van der Waals surface area contributed by atoms with Crippen molar-refractivity contribution in [3.63, 3.8) is 0 Å². The van der Waals surface area contributed by atoms with Crippen LogP contribution in [0.4, 0.5) is 0 Å². The molecular weight excluding hydrogens is 190 g/mol. The van der Waals surface area contributed by atoms with Crippen molar-refractivity contribution in [2.75, 3.05) is 6.54 Å². The summed E-state index contributed by atoms with van der Waals surface area (Å²) >= 11 is 0. The topological polar surface area (TPSA) is 69.0 Å². The SMILES string of the molecule is [N-]=[N+]=NC[C@@H](O)c1ccc2c(c1)CCC2. The minimum absolute atomic E-state index is 0.106. The van der Waals surface area contributed by atoms with Gasteiger partial charge in [-0.3, -0.25) is 0 Å². The van der Waals surface area contributed by atoms with Gasteiger partial charge >= 0.3 is 0 Å². The molecule has 0 saturated heterocycles. The van der Waals surface area contributed by atoms with Crippen molar-refractivity contribution >= 4 is 0 Å².